The monoisotopic (exact) mass is 288 g/mol. The quantitative estimate of drug-likeness (QED) is 0.885. The first-order valence-electron chi connectivity index (χ1n) is 7.99. The highest BCUT2D eigenvalue weighted by Crippen LogP contribution is 2.26. The van der Waals surface area contributed by atoms with Gasteiger partial charge in [0.05, 0.1) is 11.7 Å². The lowest BCUT2D eigenvalue weighted by Crippen LogP contribution is -2.24. The van der Waals surface area contributed by atoms with Crippen molar-refractivity contribution in [2.75, 3.05) is 6.54 Å². The molecular formula is C17H28N4. The van der Waals surface area contributed by atoms with Crippen molar-refractivity contribution in [1.82, 2.24) is 14.5 Å². The smallest absolute Gasteiger partial charge is 0.110 e. The normalized spacial score (nSPS) is 13.8. The molecule has 0 bridgehead atoms. The van der Waals surface area contributed by atoms with Gasteiger partial charge in [0.2, 0.25) is 0 Å². The van der Waals surface area contributed by atoms with Crippen LogP contribution in [0.4, 0.5) is 0 Å². The summed E-state index contributed by atoms with van der Waals surface area (Å²) in [7, 11) is 0. The van der Waals surface area contributed by atoms with Crippen molar-refractivity contribution in [3.63, 3.8) is 0 Å². The summed E-state index contributed by atoms with van der Waals surface area (Å²) in [6, 6.07) is 2.06. The molecule has 1 atom stereocenters. The Morgan fingerprint density at radius 2 is 2.05 bits per heavy atom. The molecule has 0 spiro atoms. The van der Waals surface area contributed by atoms with Crippen LogP contribution in [0.1, 0.15) is 52.8 Å². The average Bonchev–Trinajstić information content (AvgIpc) is 2.81. The highest BCUT2D eigenvalue weighted by molar-refractivity contribution is 5.75. The van der Waals surface area contributed by atoms with Gasteiger partial charge in [0.25, 0.3) is 0 Å². The number of imidazole rings is 1. The second-order valence-corrected chi connectivity index (χ2v) is 6.79. The van der Waals surface area contributed by atoms with Crippen LogP contribution >= 0.6 is 0 Å². The van der Waals surface area contributed by atoms with Gasteiger partial charge in [0.1, 0.15) is 11.3 Å². The number of aryl methyl sites for hydroxylation is 1. The Morgan fingerprint density at radius 3 is 2.67 bits per heavy atom. The zero-order chi connectivity index (χ0) is 15.5. The minimum atomic E-state index is 0.0288. The summed E-state index contributed by atoms with van der Waals surface area (Å²) in [6.07, 6.45) is 8.16. The van der Waals surface area contributed by atoms with E-state index in [9.17, 15) is 0 Å². The lowest BCUT2D eigenvalue weighted by atomic mass is 9.96. The van der Waals surface area contributed by atoms with Gasteiger partial charge in [-0.05, 0) is 52.1 Å². The fourth-order valence-corrected chi connectivity index (χ4v) is 3.02. The fraction of sp³-hybridized carbons (Fsp3) is 0.647. The molecule has 116 valence electrons. The average molecular weight is 288 g/mol. The summed E-state index contributed by atoms with van der Waals surface area (Å²) >= 11 is 0. The van der Waals surface area contributed by atoms with E-state index in [0.29, 0.717) is 5.92 Å². The molecule has 0 aromatic carbocycles. The number of fused-ring (bicyclic) bond motifs is 1. The molecule has 4 nitrogen and oxygen atoms in total. The number of nitrogens with zero attached hydrogens (tertiary/aromatic N) is 3. The van der Waals surface area contributed by atoms with Crippen LogP contribution in [0.25, 0.3) is 11.0 Å². The summed E-state index contributed by atoms with van der Waals surface area (Å²) in [5.74, 6) is 1.86. The van der Waals surface area contributed by atoms with Crippen molar-refractivity contribution in [2.45, 2.75) is 58.9 Å². The number of nitrogens with two attached hydrogens (primary N) is 1. The summed E-state index contributed by atoms with van der Waals surface area (Å²) in [5.41, 5.74) is 7.91. The van der Waals surface area contributed by atoms with Crippen LogP contribution in [-0.2, 0) is 12.0 Å². The second-order valence-electron chi connectivity index (χ2n) is 6.79. The molecular weight excluding hydrogens is 260 g/mol. The van der Waals surface area contributed by atoms with E-state index < -0.39 is 0 Å². The minimum Gasteiger partial charge on any atom is -0.330 e. The molecule has 0 fully saturated rings. The molecule has 2 aromatic rings. The summed E-state index contributed by atoms with van der Waals surface area (Å²) < 4.78 is 2.36. The van der Waals surface area contributed by atoms with E-state index in [4.69, 9.17) is 10.7 Å². The maximum Gasteiger partial charge on any atom is 0.110 e. The Morgan fingerprint density at radius 1 is 1.29 bits per heavy atom. The highest BCUT2D eigenvalue weighted by Gasteiger charge is 2.21. The van der Waals surface area contributed by atoms with Crippen LogP contribution in [0, 0.1) is 5.92 Å². The summed E-state index contributed by atoms with van der Waals surface area (Å²) in [6.45, 7) is 9.72. The third kappa shape index (κ3) is 3.62. The molecule has 0 amide bonds. The SMILES string of the molecule is CCC(CCN)CCc1nc2cnccc2n1C(C)(C)C. The van der Waals surface area contributed by atoms with Crippen molar-refractivity contribution >= 4 is 11.0 Å². The predicted molar refractivity (Wildman–Crippen MR) is 88.3 cm³/mol. The van der Waals surface area contributed by atoms with Gasteiger partial charge < -0.3 is 10.3 Å². The molecule has 2 heterocycles. The lowest BCUT2D eigenvalue weighted by Gasteiger charge is -2.25. The number of hydrogen-bond donors (Lipinski definition) is 1. The van der Waals surface area contributed by atoms with E-state index in [1.165, 1.54) is 17.8 Å². The van der Waals surface area contributed by atoms with Crippen molar-refractivity contribution in [3.05, 3.63) is 24.3 Å². The predicted octanol–water partition coefficient (Wildman–Crippen LogP) is 3.49. The largest absolute Gasteiger partial charge is 0.330 e. The van der Waals surface area contributed by atoms with Gasteiger partial charge in [-0.1, -0.05) is 13.3 Å². The number of hydrogen-bond acceptors (Lipinski definition) is 3. The third-order valence-corrected chi connectivity index (χ3v) is 4.13. The second kappa shape index (κ2) is 6.56. The molecule has 21 heavy (non-hydrogen) atoms. The standard InChI is InChI=1S/C17H28N4/c1-5-13(8-10-18)6-7-16-20-14-12-19-11-9-15(14)21(16)17(2,3)4/h9,11-13H,5-8,10,18H2,1-4H3. The highest BCUT2D eigenvalue weighted by atomic mass is 15.1. The maximum absolute atomic E-state index is 5.71. The first-order valence-corrected chi connectivity index (χ1v) is 7.99. The molecule has 2 rings (SSSR count). The molecule has 0 aliphatic heterocycles. The van der Waals surface area contributed by atoms with E-state index >= 15 is 0 Å². The van der Waals surface area contributed by atoms with Gasteiger partial charge in [-0.3, -0.25) is 4.98 Å². The summed E-state index contributed by atoms with van der Waals surface area (Å²) in [5, 5.41) is 0. The molecule has 0 radical (unpaired) electrons. The minimum absolute atomic E-state index is 0.0288. The number of pyridine rings is 1. The Balaban J connectivity index is 2.30. The van der Waals surface area contributed by atoms with Crippen molar-refractivity contribution in [2.24, 2.45) is 11.7 Å². The van der Waals surface area contributed by atoms with Gasteiger partial charge in [-0.2, -0.15) is 0 Å². The van der Waals surface area contributed by atoms with Crippen LogP contribution < -0.4 is 5.73 Å². The number of rotatable bonds is 6. The van der Waals surface area contributed by atoms with Gasteiger partial charge >= 0.3 is 0 Å². The van der Waals surface area contributed by atoms with E-state index in [1.54, 1.807) is 0 Å². The first-order chi connectivity index (χ1) is 9.97. The van der Waals surface area contributed by atoms with Crippen LogP contribution in [0.15, 0.2) is 18.5 Å². The lowest BCUT2D eigenvalue weighted by molar-refractivity contribution is 0.379. The molecule has 0 saturated carbocycles. The van der Waals surface area contributed by atoms with E-state index in [0.717, 1.165) is 31.3 Å². The van der Waals surface area contributed by atoms with E-state index in [1.807, 2.05) is 12.4 Å². The Kier molecular flexibility index (Phi) is 4.99. The zero-order valence-electron chi connectivity index (χ0n) is 13.8. The van der Waals surface area contributed by atoms with Gasteiger partial charge in [0, 0.05) is 18.2 Å². The van der Waals surface area contributed by atoms with Gasteiger partial charge in [-0.15, -0.1) is 0 Å². The van der Waals surface area contributed by atoms with E-state index in [-0.39, 0.29) is 5.54 Å². The zero-order valence-corrected chi connectivity index (χ0v) is 13.8. The molecule has 1 unspecified atom stereocenters. The van der Waals surface area contributed by atoms with Crippen molar-refractivity contribution in [1.29, 1.82) is 0 Å². The van der Waals surface area contributed by atoms with Gasteiger partial charge in [0.15, 0.2) is 0 Å². The Hall–Kier alpha value is -1.42. The molecule has 4 heteroatoms. The van der Waals surface area contributed by atoms with Crippen molar-refractivity contribution < 1.29 is 0 Å². The topological polar surface area (TPSA) is 56.7 Å². The van der Waals surface area contributed by atoms with Crippen LogP contribution in [0.5, 0.6) is 0 Å². The molecule has 2 aromatic heterocycles. The van der Waals surface area contributed by atoms with Gasteiger partial charge in [-0.25, -0.2) is 4.98 Å². The Bertz CT molecular complexity index is 580. The molecule has 2 N–H and O–H groups in total. The summed E-state index contributed by atoms with van der Waals surface area (Å²) in [4.78, 5) is 9.01. The third-order valence-electron chi connectivity index (χ3n) is 4.13. The molecule has 0 saturated heterocycles. The maximum atomic E-state index is 5.71. The van der Waals surface area contributed by atoms with E-state index in [2.05, 4.69) is 43.3 Å². The van der Waals surface area contributed by atoms with Crippen LogP contribution in [0.2, 0.25) is 0 Å². The Labute approximate surface area is 127 Å². The van der Waals surface area contributed by atoms with Crippen molar-refractivity contribution in [3.8, 4) is 0 Å². The van der Waals surface area contributed by atoms with Crippen LogP contribution in [0.3, 0.4) is 0 Å². The molecule has 0 aliphatic rings. The number of aromatic nitrogens is 3. The first kappa shape index (κ1) is 16.0. The fourth-order valence-electron chi connectivity index (χ4n) is 3.02. The molecule has 0 aliphatic carbocycles. The van der Waals surface area contributed by atoms with Crippen LogP contribution in [-0.4, -0.2) is 21.1 Å².